The average Bonchev–Trinajstić information content (AvgIpc) is 2.94. The van der Waals surface area contributed by atoms with Crippen LogP contribution in [0.4, 0.5) is 0 Å². The zero-order chi connectivity index (χ0) is 12.4. The fourth-order valence-electron chi connectivity index (χ4n) is 3.55. The first-order valence-corrected chi connectivity index (χ1v) is 9.21. The SMILES string of the molecule is CC1CCCN(C2(c3cccs3)CCSCC2)C1. The van der Waals surface area contributed by atoms with E-state index < -0.39 is 0 Å². The molecule has 2 aliphatic rings. The third kappa shape index (κ3) is 2.37. The summed E-state index contributed by atoms with van der Waals surface area (Å²) in [6.45, 7) is 5.04. The number of hydrogen-bond acceptors (Lipinski definition) is 3. The number of rotatable bonds is 2. The first-order valence-electron chi connectivity index (χ1n) is 7.18. The number of thioether (sulfide) groups is 1. The second kappa shape index (κ2) is 5.56. The van der Waals surface area contributed by atoms with E-state index in [-0.39, 0.29) is 0 Å². The Hall–Kier alpha value is 0.01000. The summed E-state index contributed by atoms with van der Waals surface area (Å²) in [6.07, 6.45) is 5.52. The molecule has 0 radical (unpaired) electrons. The summed E-state index contributed by atoms with van der Waals surface area (Å²) in [4.78, 5) is 4.45. The summed E-state index contributed by atoms with van der Waals surface area (Å²) >= 11 is 4.11. The van der Waals surface area contributed by atoms with Crippen molar-refractivity contribution in [2.45, 2.75) is 38.1 Å². The summed E-state index contributed by atoms with van der Waals surface area (Å²) in [6, 6.07) is 4.61. The highest BCUT2D eigenvalue weighted by Crippen LogP contribution is 2.44. The molecule has 2 saturated heterocycles. The zero-order valence-electron chi connectivity index (χ0n) is 11.2. The van der Waals surface area contributed by atoms with Crippen molar-refractivity contribution in [3.63, 3.8) is 0 Å². The van der Waals surface area contributed by atoms with Gasteiger partial charge in [-0.15, -0.1) is 11.3 Å². The van der Waals surface area contributed by atoms with Crippen molar-refractivity contribution in [1.29, 1.82) is 0 Å². The van der Waals surface area contributed by atoms with Crippen LogP contribution in [0.5, 0.6) is 0 Å². The molecular formula is C15H23NS2. The maximum Gasteiger partial charge on any atom is 0.0569 e. The van der Waals surface area contributed by atoms with Crippen molar-refractivity contribution in [2.24, 2.45) is 5.92 Å². The van der Waals surface area contributed by atoms with Crippen molar-refractivity contribution in [3.8, 4) is 0 Å². The molecule has 0 bridgehead atoms. The van der Waals surface area contributed by atoms with Crippen molar-refractivity contribution < 1.29 is 0 Å². The zero-order valence-corrected chi connectivity index (χ0v) is 12.9. The molecule has 0 amide bonds. The molecule has 3 rings (SSSR count). The van der Waals surface area contributed by atoms with Crippen LogP contribution in [0.3, 0.4) is 0 Å². The third-order valence-electron chi connectivity index (χ3n) is 4.56. The van der Waals surface area contributed by atoms with E-state index in [9.17, 15) is 0 Å². The van der Waals surface area contributed by atoms with E-state index in [0.29, 0.717) is 5.54 Å². The number of nitrogens with zero attached hydrogens (tertiary/aromatic N) is 1. The van der Waals surface area contributed by atoms with Gasteiger partial charge in [-0.05, 0) is 61.1 Å². The molecule has 3 heteroatoms. The highest BCUT2D eigenvalue weighted by atomic mass is 32.2. The first kappa shape index (κ1) is 13.0. The normalized spacial score (nSPS) is 29.3. The Morgan fingerprint density at radius 1 is 1.33 bits per heavy atom. The summed E-state index contributed by atoms with van der Waals surface area (Å²) in [5.74, 6) is 3.55. The Kier molecular flexibility index (Phi) is 4.02. The Morgan fingerprint density at radius 3 is 2.83 bits per heavy atom. The highest BCUT2D eigenvalue weighted by molar-refractivity contribution is 7.99. The molecule has 1 aromatic rings. The van der Waals surface area contributed by atoms with Crippen LogP contribution in [0.15, 0.2) is 17.5 Å². The predicted octanol–water partition coefficient (Wildman–Crippen LogP) is 4.20. The minimum absolute atomic E-state index is 0.383. The van der Waals surface area contributed by atoms with Crippen molar-refractivity contribution in [1.82, 2.24) is 4.90 Å². The van der Waals surface area contributed by atoms with Crippen molar-refractivity contribution in [3.05, 3.63) is 22.4 Å². The molecule has 18 heavy (non-hydrogen) atoms. The van der Waals surface area contributed by atoms with Gasteiger partial charge in [0.2, 0.25) is 0 Å². The van der Waals surface area contributed by atoms with E-state index in [0.717, 1.165) is 5.92 Å². The lowest BCUT2D eigenvalue weighted by atomic mass is 9.85. The molecule has 0 aliphatic carbocycles. The van der Waals surface area contributed by atoms with E-state index in [1.54, 1.807) is 4.88 Å². The molecule has 0 N–H and O–H groups in total. The monoisotopic (exact) mass is 281 g/mol. The van der Waals surface area contributed by atoms with Crippen LogP contribution in [0.2, 0.25) is 0 Å². The van der Waals surface area contributed by atoms with E-state index >= 15 is 0 Å². The molecule has 2 aliphatic heterocycles. The summed E-state index contributed by atoms with van der Waals surface area (Å²) in [7, 11) is 0. The number of piperidine rings is 1. The smallest absolute Gasteiger partial charge is 0.0569 e. The maximum atomic E-state index is 2.83. The van der Waals surface area contributed by atoms with Gasteiger partial charge in [0.05, 0.1) is 5.54 Å². The number of thiophene rings is 1. The number of hydrogen-bond donors (Lipinski definition) is 0. The van der Waals surface area contributed by atoms with E-state index in [2.05, 4.69) is 41.1 Å². The van der Waals surface area contributed by atoms with Crippen molar-refractivity contribution in [2.75, 3.05) is 24.6 Å². The summed E-state index contributed by atoms with van der Waals surface area (Å²) in [5.41, 5.74) is 0.383. The van der Waals surface area contributed by atoms with Gasteiger partial charge < -0.3 is 0 Å². The minimum Gasteiger partial charge on any atom is -0.293 e. The molecule has 1 aromatic heterocycles. The molecule has 0 spiro atoms. The minimum atomic E-state index is 0.383. The van der Waals surface area contributed by atoms with Gasteiger partial charge in [0.25, 0.3) is 0 Å². The maximum absolute atomic E-state index is 2.83. The standard InChI is InChI=1S/C15H23NS2/c1-13-4-2-8-16(12-13)15(6-10-17-11-7-15)14-5-3-9-18-14/h3,5,9,13H,2,4,6-8,10-12H2,1H3. The average molecular weight is 281 g/mol. The Morgan fingerprint density at radius 2 is 2.17 bits per heavy atom. The van der Waals surface area contributed by atoms with Crippen LogP contribution >= 0.6 is 23.1 Å². The molecule has 3 heterocycles. The lowest BCUT2D eigenvalue weighted by Crippen LogP contribution is -2.51. The Balaban J connectivity index is 1.89. The topological polar surface area (TPSA) is 3.24 Å². The largest absolute Gasteiger partial charge is 0.293 e. The summed E-state index contributed by atoms with van der Waals surface area (Å²) < 4.78 is 0. The van der Waals surface area contributed by atoms with Crippen LogP contribution in [0.1, 0.15) is 37.5 Å². The van der Waals surface area contributed by atoms with Gasteiger partial charge >= 0.3 is 0 Å². The molecule has 1 nitrogen and oxygen atoms in total. The van der Waals surface area contributed by atoms with Gasteiger partial charge in [-0.25, -0.2) is 0 Å². The van der Waals surface area contributed by atoms with Gasteiger partial charge in [-0.1, -0.05) is 13.0 Å². The molecule has 1 unspecified atom stereocenters. The first-order chi connectivity index (χ1) is 8.81. The predicted molar refractivity (Wildman–Crippen MR) is 82.5 cm³/mol. The molecule has 0 aromatic carbocycles. The van der Waals surface area contributed by atoms with Gasteiger partial charge in [0.1, 0.15) is 0 Å². The van der Waals surface area contributed by atoms with E-state index in [4.69, 9.17) is 0 Å². The second-order valence-corrected chi connectivity index (χ2v) is 7.99. The summed E-state index contributed by atoms with van der Waals surface area (Å²) in [5, 5.41) is 2.26. The highest BCUT2D eigenvalue weighted by Gasteiger charge is 2.41. The van der Waals surface area contributed by atoms with Crippen LogP contribution in [0.25, 0.3) is 0 Å². The van der Waals surface area contributed by atoms with Gasteiger partial charge in [-0.2, -0.15) is 11.8 Å². The van der Waals surface area contributed by atoms with E-state index in [1.165, 1.54) is 50.3 Å². The van der Waals surface area contributed by atoms with Crippen molar-refractivity contribution >= 4 is 23.1 Å². The molecular weight excluding hydrogens is 258 g/mol. The van der Waals surface area contributed by atoms with Crippen LogP contribution < -0.4 is 0 Å². The Bertz CT molecular complexity index is 368. The van der Waals surface area contributed by atoms with Crippen LogP contribution in [-0.4, -0.2) is 29.5 Å². The fraction of sp³-hybridized carbons (Fsp3) is 0.733. The van der Waals surface area contributed by atoms with Crippen LogP contribution in [0, 0.1) is 5.92 Å². The molecule has 2 fully saturated rings. The molecule has 0 saturated carbocycles. The quantitative estimate of drug-likeness (QED) is 0.799. The lowest BCUT2D eigenvalue weighted by molar-refractivity contribution is 0.0382. The Labute approximate surface area is 119 Å². The lowest BCUT2D eigenvalue weighted by Gasteiger charge is -2.49. The molecule has 1 atom stereocenters. The molecule has 100 valence electrons. The van der Waals surface area contributed by atoms with Gasteiger partial charge in [-0.3, -0.25) is 4.90 Å². The number of likely N-dealkylation sites (tertiary alicyclic amines) is 1. The van der Waals surface area contributed by atoms with E-state index in [1.807, 2.05) is 11.3 Å². The van der Waals surface area contributed by atoms with Gasteiger partial charge in [0, 0.05) is 11.4 Å². The van der Waals surface area contributed by atoms with Gasteiger partial charge in [0.15, 0.2) is 0 Å². The third-order valence-corrected chi connectivity index (χ3v) is 6.61. The van der Waals surface area contributed by atoms with Crippen LogP contribution in [-0.2, 0) is 5.54 Å². The fourth-order valence-corrected chi connectivity index (χ4v) is 5.73. The second-order valence-electron chi connectivity index (χ2n) is 5.81.